The Morgan fingerprint density at radius 3 is 1.98 bits per heavy atom. The highest BCUT2D eigenvalue weighted by molar-refractivity contribution is 6.21. The lowest BCUT2D eigenvalue weighted by Gasteiger charge is -2.33. The van der Waals surface area contributed by atoms with Crippen LogP contribution in [0.15, 0.2) is 127 Å². The molecule has 234 valence electrons. The smallest absolute Gasteiger partial charge is 0.373 e. The summed E-state index contributed by atoms with van der Waals surface area (Å²) >= 11 is 0. The second-order valence-electron chi connectivity index (χ2n) is 11.3. The number of fused-ring (bicyclic) bond motifs is 2. The molecule has 0 aromatic heterocycles. The van der Waals surface area contributed by atoms with Crippen LogP contribution < -0.4 is 9.47 Å². The van der Waals surface area contributed by atoms with Crippen LogP contribution in [0.3, 0.4) is 0 Å². The summed E-state index contributed by atoms with van der Waals surface area (Å²) in [7, 11) is 1.26. The SMILES string of the molecule is COC(=O)C1=C[C@@H](N2C(=O)c3ccccc3C2=O)C[C@@H](c2ccc3c(OCc4ccccc4)cccc3c2OCc2ccccc2)O1. The lowest BCUT2D eigenvalue weighted by atomic mass is 9.94. The molecule has 2 aliphatic heterocycles. The Morgan fingerprint density at radius 1 is 0.723 bits per heavy atom. The number of amides is 2. The number of carbonyl (C=O) groups is 3. The molecule has 0 saturated heterocycles. The van der Waals surface area contributed by atoms with Crippen molar-refractivity contribution in [2.45, 2.75) is 31.8 Å². The van der Waals surface area contributed by atoms with Gasteiger partial charge in [0.1, 0.15) is 30.8 Å². The van der Waals surface area contributed by atoms with Gasteiger partial charge in [0, 0.05) is 22.8 Å². The van der Waals surface area contributed by atoms with Crippen LogP contribution in [0.2, 0.25) is 0 Å². The van der Waals surface area contributed by atoms with Gasteiger partial charge >= 0.3 is 5.97 Å². The van der Waals surface area contributed by atoms with Gasteiger partial charge in [-0.15, -0.1) is 0 Å². The van der Waals surface area contributed by atoms with Crippen LogP contribution in [0.5, 0.6) is 11.5 Å². The average molecular weight is 626 g/mol. The molecule has 47 heavy (non-hydrogen) atoms. The van der Waals surface area contributed by atoms with E-state index in [9.17, 15) is 14.4 Å². The number of esters is 1. The van der Waals surface area contributed by atoms with Crippen LogP contribution in [0, 0.1) is 0 Å². The monoisotopic (exact) mass is 625 g/mol. The molecule has 2 amide bonds. The van der Waals surface area contributed by atoms with Gasteiger partial charge in [-0.25, -0.2) is 4.79 Å². The highest BCUT2D eigenvalue weighted by Crippen LogP contribution is 2.44. The Hall–Kier alpha value is -5.89. The molecular weight excluding hydrogens is 594 g/mol. The van der Waals surface area contributed by atoms with E-state index in [1.165, 1.54) is 18.1 Å². The van der Waals surface area contributed by atoms with E-state index >= 15 is 0 Å². The van der Waals surface area contributed by atoms with Crippen LogP contribution in [-0.2, 0) is 27.5 Å². The number of imide groups is 1. The van der Waals surface area contributed by atoms with Gasteiger partial charge in [-0.1, -0.05) is 91.0 Å². The van der Waals surface area contributed by atoms with Crippen molar-refractivity contribution in [1.82, 2.24) is 4.90 Å². The number of ether oxygens (including phenoxy) is 4. The quantitative estimate of drug-likeness (QED) is 0.127. The summed E-state index contributed by atoms with van der Waals surface area (Å²) in [5, 5.41) is 1.63. The van der Waals surface area contributed by atoms with Gasteiger partial charge in [-0.3, -0.25) is 14.5 Å². The maximum Gasteiger partial charge on any atom is 0.373 e. The van der Waals surface area contributed by atoms with E-state index in [0.717, 1.165) is 21.9 Å². The van der Waals surface area contributed by atoms with Gasteiger partial charge in [0.05, 0.1) is 24.3 Å². The first-order valence-electron chi connectivity index (χ1n) is 15.3. The first-order valence-corrected chi connectivity index (χ1v) is 15.3. The number of methoxy groups -OCH3 is 1. The van der Waals surface area contributed by atoms with E-state index in [1.54, 1.807) is 24.3 Å². The van der Waals surface area contributed by atoms with Crippen molar-refractivity contribution in [2.75, 3.05) is 7.11 Å². The maximum absolute atomic E-state index is 13.5. The van der Waals surface area contributed by atoms with Crippen LogP contribution in [0.4, 0.5) is 0 Å². The normalized spacial score (nSPS) is 17.1. The van der Waals surface area contributed by atoms with Crippen molar-refractivity contribution in [3.05, 3.63) is 155 Å². The molecule has 0 bridgehead atoms. The summed E-state index contributed by atoms with van der Waals surface area (Å²) in [6.07, 6.45) is 0.932. The number of carbonyl (C=O) groups excluding carboxylic acids is 3. The predicted octanol–water partition coefficient (Wildman–Crippen LogP) is 7.18. The van der Waals surface area contributed by atoms with Crippen molar-refractivity contribution in [3.63, 3.8) is 0 Å². The van der Waals surface area contributed by atoms with E-state index in [0.29, 0.717) is 34.8 Å². The molecule has 2 aliphatic rings. The Labute approximate surface area is 271 Å². The summed E-state index contributed by atoms with van der Waals surface area (Å²) < 4.78 is 24.1. The largest absolute Gasteiger partial charge is 0.488 e. The Kier molecular flexibility index (Phi) is 8.14. The Balaban J connectivity index is 1.28. The van der Waals surface area contributed by atoms with Gasteiger partial charge < -0.3 is 18.9 Å². The third-order valence-corrected chi connectivity index (χ3v) is 8.42. The Bertz CT molecular complexity index is 1970. The molecule has 2 heterocycles. The molecule has 0 N–H and O–H groups in total. The van der Waals surface area contributed by atoms with Crippen molar-refractivity contribution in [1.29, 1.82) is 0 Å². The molecule has 0 unspecified atom stereocenters. The molecule has 5 aromatic carbocycles. The molecule has 0 fully saturated rings. The lowest BCUT2D eigenvalue weighted by molar-refractivity contribution is -0.142. The van der Waals surface area contributed by atoms with Crippen LogP contribution >= 0.6 is 0 Å². The molecule has 8 heteroatoms. The molecule has 5 aromatic rings. The van der Waals surface area contributed by atoms with E-state index in [-0.39, 0.29) is 18.8 Å². The fourth-order valence-corrected chi connectivity index (χ4v) is 6.12. The zero-order chi connectivity index (χ0) is 32.3. The molecular formula is C39H31NO7. The van der Waals surface area contributed by atoms with Gasteiger partial charge in [0.2, 0.25) is 5.76 Å². The van der Waals surface area contributed by atoms with E-state index in [2.05, 4.69) is 0 Å². The van der Waals surface area contributed by atoms with Crippen molar-refractivity contribution >= 4 is 28.6 Å². The van der Waals surface area contributed by atoms with Crippen LogP contribution in [0.25, 0.3) is 10.8 Å². The minimum Gasteiger partial charge on any atom is -0.488 e. The van der Waals surface area contributed by atoms with E-state index < -0.39 is 29.9 Å². The number of rotatable bonds is 9. The summed E-state index contributed by atoms with van der Waals surface area (Å²) in [4.78, 5) is 41.0. The Morgan fingerprint density at radius 2 is 1.34 bits per heavy atom. The molecule has 0 aliphatic carbocycles. The summed E-state index contributed by atoms with van der Waals surface area (Å²) in [5.74, 6) is -0.397. The summed E-state index contributed by atoms with van der Waals surface area (Å²) in [5.41, 5.74) is 3.32. The topological polar surface area (TPSA) is 91.4 Å². The first-order chi connectivity index (χ1) is 23.0. The highest BCUT2D eigenvalue weighted by Gasteiger charge is 2.43. The van der Waals surface area contributed by atoms with Gasteiger partial charge in [0.25, 0.3) is 11.8 Å². The third kappa shape index (κ3) is 5.81. The van der Waals surface area contributed by atoms with Crippen molar-refractivity contribution in [3.8, 4) is 11.5 Å². The van der Waals surface area contributed by atoms with Gasteiger partial charge in [-0.2, -0.15) is 0 Å². The first kappa shape index (κ1) is 29.8. The highest BCUT2D eigenvalue weighted by atomic mass is 16.6. The van der Waals surface area contributed by atoms with Gasteiger partial charge in [-0.05, 0) is 41.5 Å². The van der Waals surface area contributed by atoms with Gasteiger partial charge in [0.15, 0.2) is 0 Å². The standard InChI is InChI=1S/C39H31NO7/c1-44-39(43)35-22-27(40-37(41)30-15-8-9-16-31(30)38(40)42)21-34(47-35)32-20-19-28-29(36(32)46-24-26-13-6-3-7-14-26)17-10-18-33(28)45-23-25-11-4-2-5-12-25/h2-20,22,27,34H,21,23-24H2,1H3/t27-,34-/m0/s1. The zero-order valence-corrected chi connectivity index (χ0v) is 25.6. The number of nitrogens with zero attached hydrogens (tertiary/aromatic N) is 1. The fourth-order valence-electron chi connectivity index (χ4n) is 6.12. The fraction of sp³-hybridized carbons (Fsp3) is 0.154. The van der Waals surface area contributed by atoms with Crippen LogP contribution in [-0.4, -0.2) is 35.8 Å². The number of hydrogen-bond donors (Lipinski definition) is 0. The summed E-state index contributed by atoms with van der Waals surface area (Å²) in [6, 6.07) is 35.3. The summed E-state index contributed by atoms with van der Waals surface area (Å²) in [6.45, 7) is 0.666. The van der Waals surface area contributed by atoms with E-state index in [1.807, 2.05) is 91.0 Å². The minimum atomic E-state index is -0.770. The van der Waals surface area contributed by atoms with Crippen molar-refractivity contribution in [2.24, 2.45) is 0 Å². The molecule has 0 spiro atoms. The zero-order valence-electron chi connectivity index (χ0n) is 25.6. The molecule has 8 nitrogen and oxygen atoms in total. The molecule has 7 rings (SSSR count). The minimum absolute atomic E-state index is 0.0839. The lowest BCUT2D eigenvalue weighted by Crippen LogP contribution is -2.42. The molecule has 0 saturated carbocycles. The second kappa shape index (κ2) is 12.8. The third-order valence-electron chi connectivity index (χ3n) is 8.42. The second-order valence-corrected chi connectivity index (χ2v) is 11.3. The average Bonchev–Trinajstić information content (AvgIpc) is 3.38. The number of hydrogen-bond acceptors (Lipinski definition) is 7. The molecule has 2 atom stereocenters. The predicted molar refractivity (Wildman–Crippen MR) is 175 cm³/mol. The maximum atomic E-state index is 13.5. The van der Waals surface area contributed by atoms with Crippen LogP contribution in [0.1, 0.15) is 49.9 Å². The van der Waals surface area contributed by atoms with E-state index in [4.69, 9.17) is 18.9 Å². The molecule has 0 radical (unpaired) electrons. The van der Waals surface area contributed by atoms with Crippen molar-refractivity contribution < 1.29 is 33.3 Å². The number of benzene rings is 5.